The summed E-state index contributed by atoms with van der Waals surface area (Å²) >= 11 is 5.71. The van der Waals surface area contributed by atoms with E-state index < -0.39 is 4.92 Å². The van der Waals surface area contributed by atoms with Gasteiger partial charge in [0.15, 0.2) is 0 Å². The van der Waals surface area contributed by atoms with Gasteiger partial charge in [0.05, 0.1) is 29.5 Å². The van der Waals surface area contributed by atoms with Crippen LogP contribution in [0.25, 0.3) is 0 Å². The summed E-state index contributed by atoms with van der Waals surface area (Å²) in [6.45, 7) is 1.83. The van der Waals surface area contributed by atoms with E-state index in [1.54, 1.807) is 11.9 Å². The first-order valence-electron chi connectivity index (χ1n) is 4.87. The van der Waals surface area contributed by atoms with E-state index in [4.69, 9.17) is 16.9 Å². The molecule has 1 aromatic heterocycles. The Morgan fingerprint density at radius 1 is 1.71 bits per heavy atom. The van der Waals surface area contributed by atoms with Gasteiger partial charge in [0, 0.05) is 13.1 Å². The molecule has 0 radical (unpaired) electrons. The maximum absolute atomic E-state index is 10.7. The molecule has 0 bridgehead atoms. The van der Waals surface area contributed by atoms with E-state index >= 15 is 0 Å². The van der Waals surface area contributed by atoms with Crippen molar-refractivity contribution in [1.29, 1.82) is 5.26 Å². The van der Waals surface area contributed by atoms with Crippen LogP contribution in [-0.4, -0.2) is 23.0 Å². The highest BCUT2D eigenvalue weighted by Crippen LogP contribution is 2.24. The Bertz CT molecular complexity index is 472. The van der Waals surface area contributed by atoms with Gasteiger partial charge in [-0.15, -0.1) is 0 Å². The van der Waals surface area contributed by atoms with E-state index in [1.165, 1.54) is 12.1 Å². The molecule has 0 fully saturated rings. The van der Waals surface area contributed by atoms with Gasteiger partial charge in [-0.25, -0.2) is 4.98 Å². The van der Waals surface area contributed by atoms with E-state index in [0.717, 1.165) is 0 Å². The van der Waals surface area contributed by atoms with Crippen molar-refractivity contribution in [2.75, 3.05) is 11.9 Å². The van der Waals surface area contributed by atoms with Gasteiger partial charge in [0.2, 0.25) is 0 Å². The number of rotatable bonds is 4. The van der Waals surface area contributed by atoms with Crippen LogP contribution in [0, 0.1) is 21.4 Å². The molecule has 1 aromatic rings. The van der Waals surface area contributed by atoms with Gasteiger partial charge in [-0.3, -0.25) is 10.1 Å². The summed E-state index contributed by atoms with van der Waals surface area (Å²) in [7, 11) is 1.71. The van der Waals surface area contributed by atoms with Crippen LogP contribution in [-0.2, 0) is 0 Å². The van der Waals surface area contributed by atoms with E-state index in [0.29, 0.717) is 12.2 Å². The molecule has 0 aromatic carbocycles. The second kappa shape index (κ2) is 5.46. The third-order valence-electron chi connectivity index (χ3n) is 2.39. The lowest BCUT2D eigenvalue weighted by atomic mass is 10.2. The van der Waals surface area contributed by atoms with Gasteiger partial charge in [-0.2, -0.15) is 5.26 Å². The summed E-state index contributed by atoms with van der Waals surface area (Å²) in [4.78, 5) is 15.8. The van der Waals surface area contributed by atoms with Crippen molar-refractivity contribution in [2.24, 2.45) is 0 Å². The lowest BCUT2D eigenvalue weighted by molar-refractivity contribution is -0.384. The first kappa shape index (κ1) is 13.2. The van der Waals surface area contributed by atoms with Gasteiger partial charge in [0.25, 0.3) is 5.69 Å². The average Bonchev–Trinajstić information content (AvgIpc) is 2.27. The van der Waals surface area contributed by atoms with Crippen molar-refractivity contribution < 1.29 is 4.92 Å². The van der Waals surface area contributed by atoms with Gasteiger partial charge in [0.1, 0.15) is 11.0 Å². The van der Waals surface area contributed by atoms with Crippen LogP contribution in [0.5, 0.6) is 0 Å². The predicted octanol–water partition coefficient (Wildman–Crippen LogP) is 2.38. The maximum Gasteiger partial charge on any atom is 0.276 e. The summed E-state index contributed by atoms with van der Waals surface area (Å²) < 4.78 is 0. The Morgan fingerprint density at radius 3 is 2.88 bits per heavy atom. The zero-order chi connectivity index (χ0) is 13.0. The monoisotopic (exact) mass is 254 g/mol. The van der Waals surface area contributed by atoms with Crippen LogP contribution in [0.1, 0.15) is 13.3 Å². The molecule has 7 heteroatoms. The molecule has 0 aliphatic carbocycles. The number of pyridine rings is 1. The second-order valence-electron chi connectivity index (χ2n) is 3.59. The smallest absolute Gasteiger partial charge is 0.276 e. The maximum atomic E-state index is 10.7. The van der Waals surface area contributed by atoms with Crippen molar-refractivity contribution in [2.45, 2.75) is 19.4 Å². The van der Waals surface area contributed by atoms with Gasteiger partial charge >= 0.3 is 0 Å². The molecular formula is C10H11ClN4O2. The molecule has 17 heavy (non-hydrogen) atoms. The lowest BCUT2D eigenvalue weighted by Crippen LogP contribution is -2.29. The van der Waals surface area contributed by atoms with Crippen LogP contribution in [0.3, 0.4) is 0 Å². The fraction of sp³-hybridized carbons (Fsp3) is 0.400. The molecule has 1 heterocycles. The number of anilines is 1. The largest absolute Gasteiger partial charge is 0.356 e. The summed E-state index contributed by atoms with van der Waals surface area (Å²) in [6, 6.07) is 4.46. The minimum atomic E-state index is -0.528. The molecule has 0 N–H and O–H groups in total. The average molecular weight is 255 g/mol. The molecule has 1 unspecified atom stereocenters. The third-order valence-corrected chi connectivity index (χ3v) is 2.58. The van der Waals surface area contributed by atoms with E-state index in [-0.39, 0.29) is 16.9 Å². The zero-order valence-corrected chi connectivity index (χ0v) is 10.2. The summed E-state index contributed by atoms with van der Waals surface area (Å²) in [6.07, 6.45) is 0.304. The zero-order valence-electron chi connectivity index (χ0n) is 9.42. The molecular weight excluding hydrogens is 244 g/mol. The van der Waals surface area contributed by atoms with Crippen molar-refractivity contribution in [3.63, 3.8) is 0 Å². The Kier molecular flexibility index (Phi) is 4.24. The highest BCUT2D eigenvalue weighted by Gasteiger charge is 2.16. The molecule has 0 aliphatic rings. The Labute approximate surface area is 104 Å². The first-order chi connectivity index (χ1) is 7.95. The first-order valence-corrected chi connectivity index (χ1v) is 5.25. The molecule has 0 saturated heterocycles. The Hall–Kier alpha value is -1.87. The SMILES string of the molecule is CC(CC#N)N(C)c1cc([N+](=O)[O-])cc(Cl)n1. The molecule has 0 amide bonds. The van der Waals surface area contributed by atoms with E-state index in [2.05, 4.69) is 4.98 Å². The number of hydrogen-bond donors (Lipinski definition) is 0. The van der Waals surface area contributed by atoms with Crippen LogP contribution in [0.4, 0.5) is 11.5 Å². The van der Waals surface area contributed by atoms with Crippen LogP contribution in [0.15, 0.2) is 12.1 Å². The Morgan fingerprint density at radius 2 is 2.35 bits per heavy atom. The minimum Gasteiger partial charge on any atom is -0.356 e. The number of nitro groups is 1. The number of halogens is 1. The summed E-state index contributed by atoms with van der Waals surface area (Å²) in [5.41, 5.74) is -0.115. The topological polar surface area (TPSA) is 83.1 Å². The number of nitrogens with zero attached hydrogens (tertiary/aromatic N) is 4. The quantitative estimate of drug-likeness (QED) is 0.468. The third kappa shape index (κ3) is 3.29. The predicted molar refractivity (Wildman–Crippen MR) is 64.0 cm³/mol. The van der Waals surface area contributed by atoms with Crippen molar-refractivity contribution >= 4 is 23.1 Å². The molecule has 6 nitrogen and oxygen atoms in total. The highest BCUT2D eigenvalue weighted by atomic mass is 35.5. The van der Waals surface area contributed by atoms with Gasteiger partial charge in [-0.05, 0) is 6.92 Å². The molecule has 0 aliphatic heterocycles. The van der Waals surface area contributed by atoms with E-state index in [9.17, 15) is 10.1 Å². The second-order valence-corrected chi connectivity index (χ2v) is 3.97. The van der Waals surface area contributed by atoms with Crippen molar-refractivity contribution in [3.05, 3.63) is 27.4 Å². The number of hydrogen-bond acceptors (Lipinski definition) is 5. The molecule has 0 saturated carbocycles. The van der Waals surface area contributed by atoms with Crippen molar-refractivity contribution in [1.82, 2.24) is 4.98 Å². The Balaban J connectivity index is 3.06. The molecule has 90 valence electrons. The molecule has 0 spiro atoms. The normalized spacial score (nSPS) is 11.6. The van der Waals surface area contributed by atoms with Crippen LogP contribution >= 0.6 is 11.6 Å². The number of nitriles is 1. The van der Waals surface area contributed by atoms with E-state index in [1.807, 2.05) is 13.0 Å². The molecule has 1 rings (SSSR count). The fourth-order valence-corrected chi connectivity index (χ4v) is 1.45. The van der Waals surface area contributed by atoms with Crippen LogP contribution < -0.4 is 4.90 Å². The van der Waals surface area contributed by atoms with Gasteiger partial charge in [-0.1, -0.05) is 11.6 Å². The highest BCUT2D eigenvalue weighted by molar-refractivity contribution is 6.29. The fourth-order valence-electron chi connectivity index (χ4n) is 1.25. The van der Waals surface area contributed by atoms with Gasteiger partial charge < -0.3 is 4.90 Å². The molecule has 1 atom stereocenters. The lowest BCUT2D eigenvalue weighted by Gasteiger charge is -2.23. The number of aromatic nitrogens is 1. The minimum absolute atomic E-state index is 0.0604. The summed E-state index contributed by atoms with van der Waals surface area (Å²) in [5, 5.41) is 19.3. The standard InChI is InChI=1S/C10H11ClN4O2/c1-7(3-4-12)14(2)10-6-8(15(16)17)5-9(11)13-10/h5-7H,3H2,1-2H3. The summed E-state index contributed by atoms with van der Waals surface area (Å²) in [5.74, 6) is 0.381. The van der Waals surface area contributed by atoms with Crippen molar-refractivity contribution in [3.8, 4) is 6.07 Å². The van der Waals surface area contributed by atoms with Crippen LogP contribution in [0.2, 0.25) is 5.15 Å².